The molecule has 1 saturated heterocycles. The molecule has 1 aliphatic heterocycles. The van der Waals surface area contributed by atoms with Crippen LogP contribution in [0.2, 0.25) is 6.32 Å². The first-order valence-electron chi connectivity index (χ1n) is 2.34. The molecule has 0 bridgehead atoms. The summed E-state index contributed by atoms with van der Waals surface area (Å²) in [7, 11) is 0. The molecule has 1 aliphatic rings. The van der Waals surface area contributed by atoms with Gasteiger partial charge in [-0.1, -0.05) is 5.98 Å². The van der Waals surface area contributed by atoms with Gasteiger partial charge in [0.25, 0.3) is 0 Å². The Kier molecular flexibility index (Phi) is 1.49. The van der Waals surface area contributed by atoms with E-state index < -0.39 is 0 Å². The second kappa shape index (κ2) is 2.14. The minimum absolute atomic E-state index is 0.139. The maximum atomic E-state index is 4.68. The molecular weight excluding hydrogens is 90.9 g/mol. The van der Waals surface area contributed by atoms with Crippen LogP contribution < -0.4 is 0 Å². The third-order valence-corrected chi connectivity index (χ3v) is 0.940. The van der Waals surface area contributed by atoms with Crippen LogP contribution in [0.25, 0.3) is 0 Å². The summed E-state index contributed by atoms with van der Waals surface area (Å²) in [6.07, 6.45) is 0.948. The largest absolute Gasteiger partial charge is 0.367 e. The summed E-state index contributed by atoms with van der Waals surface area (Å²) in [4.78, 5) is 9.26. The second-order valence-electron chi connectivity index (χ2n) is 1.48. The minimum Gasteiger partial charge on any atom is -0.299 e. The van der Waals surface area contributed by atoms with E-state index in [1.807, 2.05) is 0 Å². The molecular formula is C4H7BO2. The highest BCUT2D eigenvalue weighted by Crippen LogP contribution is 2.04. The number of hydrogen-bond donors (Lipinski definition) is 0. The van der Waals surface area contributed by atoms with Crippen LogP contribution in [0.5, 0.6) is 0 Å². The molecule has 0 radical (unpaired) electrons. The maximum absolute atomic E-state index is 4.68. The van der Waals surface area contributed by atoms with Gasteiger partial charge in [0.15, 0.2) is 0 Å². The molecule has 0 atom stereocenters. The van der Waals surface area contributed by atoms with Gasteiger partial charge in [0.1, 0.15) is 0 Å². The molecule has 38 valence electrons. The first kappa shape index (κ1) is 4.87. The summed E-state index contributed by atoms with van der Waals surface area (Å²) in [5.74, 6) is 1.74. The Morgan fingerprint density at radius 3 is 2.86 bits per heavy atom. The molecule has 1 fully saturated rings. The lowest BCUT2D eigenvalue weighted by atomic mass is 9.66. The van der Waals surface area contributed by atoms with E-state index in [0.717, 1.165) is 6.32 Å². The fourth-order valence-electron chi connectivity index (χ4n) is 0.505. The molecule has 1 heterocycles. The van der Waals surface area contributed by atoms with Crippen LogP contribution in [0.1, 0.15) is 0 Å². The number of hydrogen-bond acceptors (Lipinski definition) is 2. The lowest BCUT2D eigenvalue weighted by Gasteiger charge is -1.88. The summed E-state index contributed by atoms with van der Waals surface area (Å²) in [5.41, 5.74) is 0. The lowest BCUT2D eigenvalue weighted by molar-refractivity contribution is -0.184. The van der Waals surface area contributed by atoms with E-state index in [-0.39, 0.29) is 6.92 Å². The van der Waals surface area contributed by atoms with Crippen molar-refractivity contribution in [2.75, 3.05) is 6.61 Å². The van der Waals surface area contributed by atoms with Crippen molar-refractivity contribution in [2.45, 2.75) is 6.32 Å². The van der Waals surface area contributed by atoms with Crippen molar-refractivity contribution in [1.82, 2.24) is 0 Å². The molecule has 0 aromatic rings. The van der Waals surface area contributed by atoms with E-state index >= 15 is 0 Å². The van der Waals surface area contributed by atoms with E-state index in [1.165, 1.54) is 0 Å². The first-order valence-corrected chi connectivity index (χ1v) is 2.34. The van der Waals surface area contributed by atoms with Crippen molar-refractivity contribution in [1.29, 1.82) is 0 Å². The SMILES string of the molecule is C=CB1CCOO1. The molecule has 0 amide bonds. The Bertz CT molecular complexity index is 68.1. The third kappa shape index (κ3) is 1.04. The van der Waals surface area contributed by atoms with Crippen molar-refractivity contribution in [3.05, 3.63) is 12.6 Å². The Balaban J connectivity index is 2.26. The summed E-state index contributed by atoms with van der Waals surface area (Å²) < 4.78 is 0. The van der Waals surface area contributed by atoms with Gasteiger partial charge in [0.05, 0.1) is 6.61 Å². The average Bonchev–Trinajstić information content (AvgIpc) is 2.14. The van der Waals surface area contributed by atoms with E-state index in [2.05, 4.69) is 16.3 Å². The van der Waals surface area contributed by atoms with Crippen LogP contribution in [0.15, 0.2) is 12.6 Å². The zero-order valence-electron chi connectivity index (χ0n) is 4.09. The molecule has 0 spiro atoms. The predicted octanol–water partition coefficient (Wildman–Crippen LogP) is 0.665. The van der Waals surface area contributed by atoms with Gasteiger partial charge in [-0.25, -0.2) is 0 Å². The van der Waals surface area contributed by atoms with Crippen LogP contribution in [0.4, 0.5) is 0 Å². The first-order chi connectivity index (χ1) is 3.43. The Hall–Kier alpha value is -0.275. The average molecular weight is 97.9 g/mol. The lowest BCUT2D eigenvalue weighted by Crippen LogP contribution is -2.03. The van der Waals surface area contributed by atoms with Crippen molar-refractivity contribution in [2.24, 2.45) is 0 Å². The molecule has 0 aliphatic carbocycles. The quantitative estimate of drug-likeness (QED) is 0.354. The van der Waals surface area contributed by atoms with Gasteiger partial charge in [0, 0.05) is 0 Å². The molecule has 2 nitrogen and oxygen atoms in total. The van der Waals surface area contributed by atoms with Crippen molar-refractivity contribution >= 4 is 6.92 Å². The van der Waals surface area contributed by atoms with Gasteiger partial charge in [-0.15, -0.1) is 6.58 Å². The summed E-state index contributed by atoms with van der Waals surface area (Å²) in [6, 6.07) is 0. The molecule has 1 rings (SSSR count). The summed E-state index contributed by atoms with van der Waals surface area (Å²) in [6.45, 7) is 4.38. The molecule has 0 unspecified atom stereocenters. The van der Waals surface area contributed by atoms with Gasteiger partial charge in [-0.2, -0.15) is 0 Å². The van der Waals surface area contributed by atoms with E-state index in [1.54, 1.807) is 5.98 Å². The molecule has 3 heteroatoms. The third-order valence-electron chi connectivity index (χ3n) is 0.940. The Labute approximate surface area is 43.2 Å². The van der Waals surface area contributed by atoms with Crippen molar-refractivity contribution in [3.63, 3.8) is 0 Å². The van der Waals surface area contributed by atoms with Crippen molar-refractivity contribution in [3.8, 4) is 0 Å². The monoisotopic (exact) mass is 98.1 g/mol. The molecule has 0 aromatic heterocycles. The summed E-state index contributed by atoms with van der Waals surface area (Å²) in [5, 5.41) is 0. The zero-order chi connectivity index (χ0) is 5.11. The molecule has 0 aromatic carbocycles. The van der Waals surface area contributed by atoms with Crippen LogP contribution in [0, 0.1) is 0 Å². The second-order valence-corrected chi connectivity index (χ2v) is 1.48. The van der Waals surface area contributed by atoms with Gasteiger partial charge < -0.3 is 0 Å². The van der Waals surface area contributed by atoms with Gasteiger partial charge >= 0.3 is 6.92 Å². The van der Waals surface area contributed by atoms with E-state index in [9.17, 15) is 0 Å². The highest BCUT2D eigenvalue weighted by atomic mass is 17.2. The van der Waals surface area contributed by atoms with Crippen molar-refractivity contribution < 1.29 is 9.69 Å². The predicted molar refractivity (Wildman–Crippen MR) is 27.8 cm³/mol. The number of rotatable bonds is 1. The highest BCUT2D eigenvalue weighted by molar-refractivity contribution is 6.57. The molecule has 7 heavy (non-hydrogen) atoms. The smallest absolute Gasteiger partial charge is 0.299 e. The highest BCUT2D eigenvalue weighted by Gasteiger charge is 2.18. The van der Waals surface area contributed by atoms with Crippen LogP contribution in [0.3, 0.4) is 0 Å². The minimum atomic E-state index is 0.139. The van der Waals surface area contributed by atoms with E-state index in [4.69, 9.17) is 0 Å². The summed E-state index contributed by atoms with van der Waals surface area (Å²) >= 11 is 0. The topological polar surface area (TPSA) is 18.5 Å². The molecule has 0 N–H and O–H groups in total. The van der Waals surface area contributed by atoms with E-state index in [0.29, 0.717) is 6.61 Å². The molecule has 0 saturated carbocycles. The standard InChI is InChI=1S/C4H7BO2/c1-2-5-3-4-6-7-5/h2H,1,3-4H2. The zero-order valence-corrected chi connectivity index (χ0v) is 4.09. The Morgan fingerprint density at radius 1 is 1.71 bits per heavy atom. The fraction of sp³-hybridized carbons (Fsp3) is 0.500. The van der Waals surface area contributed by atoms with Crippen LogP contribution >= 0.6 is 0 Å². The maximum Gasteiger partial charge on any atom is 0.367 e. The fourth-order valence-corrected chi connectivity index (χ4v) is 0.505. The van der Waals surface area contributed by atoms with Gasteiger partial charge in [-0.3, -0.25) is 9.69 Å². The van der Waals surface area contributed by atoms with Gasteiger partial charge in [0.2, 0.25) is 0 Å². The van der Waals surface area contributed by atoms with Crippen LogP contribution in [-0.2, 0) is 9.69 Å². The van der Waals surface area contributed by atoms with Crippen LogP contribution in [-0.4, -0.2) is 13.5 Å². The Morgan fingerprint density at radius 2 is 2.57 bits per heavy atom. The normalized spacial score (nSPS) is 20.3. The van der Waals surface area contributed by atoms with Gasteiger partial charge in [-0.05, 0) is 6.32 Å².